The van der Waals surface area contributed by atoms with Gasteiger partial charge in [-0.25, -0.2) is 8.78 Å². The van der Waals surface area contributed by atoms with Crippen LogP contribution < -0.4 is 20.9 Å². The summed E-state index contributed by atoms with van der Waals surface area (Å²) >= 11 is 0. The summed E-state index contributed by atoms with van der Waals surface area (Å²) in [6.07, 6.45) is -0.607. The zero-order valence-corrected chi connectivity index (χ0v) is 19.6. The summed E-state index contributed by atoms with van der Waals surface area (Å²) in [5, 5.41) is 24.0. The van der Waals surface area contributed by atoms with Gasteiger partial charge in [-0.1, -0.05) is 19.1 Å². The number of amides is 1. The zero-order valence-electron chi connectivity index (χ0n) is 19.6. The van der Waals surface area contributed by atoms with Gasteiger partial charge >= 0.3 is 0 Å². The summed E-state index contributed by atoms with van der Waals surface area (Å²) < 4.78 is 35.7. The SMILES string of the molecule is CCc1ccc(Nc2c(C(=O)NCC(O)CO)c(Oc3cccc(F)c3C)cc(=O)n2C)c(F)c1. The Balaban J connectivity index is 2.15. The van der Waals surface area contributed by atoms with Gasteiger partial charge < -0.3 is 25.6 Å². The molecule has 4 N–H and O–H groups in total. The van der Waals surface area contributed by atoms with Crippen LogP contribution in [0.1, 0.15) is 28.4 Å². The number of rotatable bonds is 9. The Kier molecular flexibility index (Phi) is 8.21. The number of pyridine rings is 1. The Labute approximate surface area is 200 Å². The van der Waals surface area contributed by atoms with Crippen LogP contribution in [0, 0.1) is 18.6 Å². The van der Waals surface area contributed by atoms with Crippen molar-refractivity contribution in [2.24, 2.45) is 7.05 Å². The van der Waals surface area contributed by atoms with Crippen LogP contribution >= 0.6 is 0 Å². The van der Waals surface area contributed by atoms with E-state index in [1.165, 1.54) is 44.3 Å². The highest BCUT2D eigenvalue weighted by atomic mass is 19.1. The molecule has 1 amide bonds. The minimum atomic E-state index is -1.23. The molecule has 1 aromatic heterocycles. The number of benzene rings is 2. The standard InChI is InChI=1S/C25H27F2N3O5/c1-4-15-8-9-19(18(27)10-15)29-24-23(25(34)28-12-16(32)13-31)21(11-22(33)30(24)3)35-20-7-5-6-17(26)14(20)2/h5-11,16,29,31-32H,4,12-13H2,1-3H3,(H,28,34). The number of aliphatic hydroxyl groups is 2. The second-order valence-corrected chi connectivity index (χ2v) is 7.93. The fourth-order valence-electron chi connectivity index (χ4n) is 3.31. The fraction of sp³-hybridized carbons (Fsp3) is 0.280. The van der Waals surface area contributed by atoms with Crippen molar-refractivity contribution in [1.29, 1.82) is 0 Å². The van der Waals surface area contributed by atoms with Crippen LogP contribution in [0.4, 0.5) is 20.3 Å². The molecule has 186 valence electrons. The van der Waals surface area contributed by atoms with Gasteiger partial charge in [-0.2, -0.15) is 0 Å². The van der Waals surface area contributed by atoms with Gasteiger partial charge in [0.1, 0.15) is 34.5 Å². The quantitative estimate of drug-likeness (QED) is 0.369. The maximum atomic E-state index is 14.7. The lowest BCUT2D eigenvalue weighted by atomic mass is 10.1. The number of anilines is 2. The van der Waals surface area contributed by atoms with E-state index in [0.717, 1.165) is 16.2 Å². The van der Waals surface area contributed by atoms with Gasteiger partial charge in [-0.15, -0.1) is 0 Å². The van der Waals surface area contributed by atoms with Crippen molar-refractivity contribution in [3.05, 3.63) is 81.1 Å². The number of halogens is 2. The normalized spacial score (nSPS) is 11.7. The van der Waals surface area contributed by atoms with Gasteiger partial charge in [-0.3, -0.25) is 14.2 Å². The molecule has 0 fully saturated rings. The summed E-state index contributed by atoms with van der Waals surface area (Å²) in [4.78, 5) is 25.9. The first kappa shape index (κ1) is 25.9. The Hall–Kier alpha value is -3.76. The average molecular weight is 488 g/mol. The van der Waals surface area contributed by atoms with Crippen molar-refractivity contribution in [2.45, 2.75) is 26.4 Å². The van der Waals surface area contributed by atoms with Crippen molar-refractivity contribution in [2.75, 3.05) is 18.5 Å². The highest BCUT2D eigenvalue weighted by Crippen LogP contribution is 2.33. The molecule has 3 aromatic rings. The number of nitrogens with one attached hydrogen (secondary N) is 2. The number of ether oxygens (including phenoxy) is 1. The maximum Gasteiger partial charge on any atom is 0.258 e. The van der Waals surface area contributed by atoms with Crippen molar-refractivity contribution < 1.29 is 28.5 Å². The first-order valence-electron chi connectivity index (χ1n) is 11.0. The molecule has 0 spiro atoms. The van der Waals surface area contributed by atoms with Crippen LogP contribution in [0.15, 0.2) is 47.3 Å². The van der Waals surface area contributed by atoms with Crippen LogP contribution in [0.5, 0.6) is 11.5 Å². The summed E-state index contributed by atoms with van der Waals surface area (Å²) in [7, 11) is 1.39. The maximum absolute atomic E-state index is 14.7. The van der Waals surface area contributed by atoms with E-state index in [2.05, 4.69) is 10.6 Å². The van der Waals surface area contributed by atoms with E-state index in [0.29, 0.717) is 6.42 Å². The number of nitrogens with zero attached hydrogens (tertiary/aromatic N) is 1. The molecular weight excluding hydrogens is 460 g/mol. The molecule has 1 unspecified atom stereocenters. The molecule has 35 heavy (non-hydrogen) atoms. The van der Waals surface area contributed by atoms with E-state index < -0.39 is 35.8 Å². The average Bonchev–Trinajstić information content (AvgIpc) is 2.84. The number of aliphatic hydroxyl groups excluding tert-OH is 2. The predicted octanol–water partition coefficient (Wildman–Crippen LogP) is 3.15. The molecular formula is C25H27F2N3O5. The Morgan fingerprint density at radius 2 is 1.89 bits per heavy atom. The van der Waals surface area contributed by atoms with Crippen LogP contribution in [-0.4, -0.2) is 39.9 Å². The monoisotopic (exact) mass is 487 g/mol. The van der Waals surface area contributed by atoms with Crippen molar-refractivity contribution in [3.63, 3.8) is 0 Å². The molecule has 1 heterocycles. The topological polar surface area (TPSA) is 113 Å². The molecule has 8 nitrogen and oxygen atoms in total. The number of carbonyl (C=O) groups is 1. The van der Waals surface area contributed by atoms with Gasteiger partial charge in [0.15, 0.2) is 0 Å². The second kappa shape index (κ2) is 11.1. The number of hydrogen-bond donors (Lipinski definition) is 4. The van der Waals surface area contributed by atoms with E-state index in [-0.39, 0.29) is 40.7 Å². The van der Waals surface area contributed by atoms with Crippen LogP contribution in [0.25, 0.3) is 0 Å². The van der Waals surface area contributed by atoms with E-state index in [1.54, 1.807) is 6.07 Å². The third-order valence-electron chi connectivity index (χ3n) is 5.47. The zero-order chi connectivity index (χ0) is 25.7. The van der Waals surface area contributed by atoms with Gasteiger partial charge in [-0.05, 0) is 43.2 Å². The first-order chi connectivity index (χ1) is 16.7. The highest BCUT2D eigenvalue weighted by molar-refractivity contribution is 6.02. The van der Waals surface area contributed by atoms with Gasteiger partial charge in [0.25, 0.3) is 11.5 Å². The third kappa shape index (κ3) is 5.84. The molecule has 0 saturated heterocycles. The van der Waals surface area contributed by atoms with E-state index in [4.69, 9.17) is 9.84 Å². The largest absolute Gasteiger partial charge is 0.456 e. The smallest absolute Gasteiger partial charge is 0.258 e. The van der Waals surface area contributed by atoms with Crippen LogP contribution in [0.2, 0.25) is 0 Å². The minimum absolute atomic E-state index is 0.0146. The van der Waals surface area contributed by atoms with E-state index in [1.807, 2.05) is 6.92 Å². The van der Waals surface area contributed by atoms with E-state index in [9.17, 15) is 23.5 Å². The molecule has 0 bridgehead atoms. The first-order valence-corrected chi connectivity index (χ1v) is 11.0. The molecule has 0 aliphatic rings. The minimum Gasteiger partial charge on any atom is -0.456 e. The lowest BCUT2D eigenvalue weighted by Gasteiger charge is -2.20. The third-order valence-corrected chi connectivity index (χ3v) is 5.47. The summed E-state index contributed by atoms with van der Waals surface area (Å²) in [6, 6.07) is 9.73. The molecule has 3 rings (SSSR count). The van der Waals surface area contributed by atoms with Crippen LogP contribution in [0.3, 0.4) is 0 Å². The van der Waals surface area contributed by atoms with E-state index >= 15 is 0 Å². The fourth-order valence-corrected chi connectivity index (χ4v) is 3.31. The molecule has 0 aliphatic carbocycles. The van der Waals surface area contributed by atoms with Crippen molar-refractivity contribution in [3.8, 4) is 11.5 Å². The molecule has 10 heteroatoms. The summed E-state index contributed by atoms with van der Waals surface area (Å²) in [6.45, 7) is 2.48. The molecule has 0 aliphatic heterocycles. The molecule has 2 aromatic carbocycles. The van der Waals surface area contributed by atoms with Crippen LogP contribution in [-0.2, 0) is 13.5 Å². The summed E-state index contributed by atoms with van der Waals surface area (Å²) in [5.41, 5.74) is 0.178. The number of hydrogen-bond acceptors (Lipinski definition) is 6. The summed E-state index contributed by atoms with van der Waals surface area (Å²) in [5.74, 6) is -2.12. The number of aryl methyl sites for hydroxylation is 1. The molecule has 1 atom stereocenters. The Morgan fingerprint density at radius 3 is 2.54 bits per heavy atom. The lowest BCUT2D eigenvalue weighted by Crippen LogP contribution is -2.35. The lowest BCUT2D eigenvalue weighted by molar-refractivity contribution is 0.0800. The van der Waals surface area contributed by atoms with Gasteiger partial charge in [0, 0.05) is 25.2 Å². The molecule has 0 saturated carbocycles. The van der Waals surface area contributed by atoms with Crippen molar-refractivity contribution >= 4 is 17.4 Å². The predicted molar refractivity (Wildman–Crippen MR) is 127 cm³/mol. The second-order valence-electron chi connectivity index (χ2n) is 7.93. The van der Waals surface area contributed by atoms with Crippen molar-refractivity contribution in [1.82, 2.24) is 9.88 Å². The van der Waals surface area contributed by atoms with Gasteiger partial charge in [0.05, 0.1) is 18.4 Å². The molecule has 0 radical (unpaired) electrons. The highest BCUT2D eigenvalue weighted by Gasteiger charge is 2.24. The number of aromatic nitrogens is 1. The van der Waals surface area contributed by atoms with Gasteiger partial charge in [0.2, 0.25) is 0 Å². The Morgan fingerprint density at radius 1 is 1.14 bits per heavy atom. The Bertz CT molecular complexity index is 1290. The number of carbonyl (C=O) groups excluding carboxylic acids is 1.